The first kappa shape index (κ1) is 9.00. The number of hydrogen-bond acceptors (Lipinski definition) is 1. The van der Waals surface area contributed by atoms with Crippen molar-refractivity contribution in [2.24, 2.45) is 7.05 Å². The molecule has 0 fully saturated rings. The van der Waals surface area contributed by atoms with Crippen molar-refractivity contribution in [1.82, 2.24) is 9.78 Å². The Balaban J connectivity index is 2.29. The predicted octanol–water partition coefficient (Wildman–Crippen LogP) is 2.71. The molecule has 1 heterocycles. The van der Waals surface area contributed by atoms with E-state index in [1.165, 1.54) is 11.1 Å². The summed E-state index contributed by atoms with van der Waals surface area (Å²) in [4.78, 5) is 0. The Labute approximate surface area is 84.2 Å². The van der Waals surface area contributed by atoms with Crippen LogP contribution < -0.4 is 0 Å². The lowest BCUT2D eigenvalue weighted by atomic mass is 10.1. The van der Waals surface area contributed by atoms with Crippen LogP contribution in [0, 0.1) is 0 Å². The van der Waals surface area contributed by atoms with Crippen LogP contribution in [0.2, 0.25) is 0 Å². The summed E-state index contributed by atoms with van der Waals surface area (Å²) in [5, 5.41) is 4.38. The van der Waals surface area contributed by atoms with Gasteiger partial charge in [-0.2, -0.15) is 5.10 Å². The van der Waals surface area contributed by atoms with Gasteiger partial charge in [0.2, 0.25) is 0 Å². The second kappa shape index (κ2) is 3.66. The van der Waals surface area contributed by atoms with Crippen LogP contribution in [0.25, 0.3) is 5.57 Å². The van der Waals surface area contributed by atoms with E-state index in [0.29, 0.717) is 0 Å². The summed E-state index contributed by atoms with van der Waals surface area (Å²) in [7, 11) is 1.94. The second-order valence-corrected chi connectivity index (χ2v) is 3.55. The van der Waals surface area contributed by atoms with Crippen LogP contribution in [-0.4, -0.2) is 9.78 Å². The smallest absolute Gasteiger partial charge is 0.0919 e. The summed E-state index contributed by atoms with van der Waals surface area (Å²) < 4.78 is 1.83. The van der Waals surface area contributed by atoms with E-state index in [1.807, 2.05) is 24.0 Å². The summed E-state index contributed by atoms with van der Waals surface area (Å²) in [5.41, 5.74) is 3.57. The van der Waals surface area contributed by atoms with Crippen molar-refractivity contribution in [3.63, 3.8) is 0 Å². The molecule has 1 aromatic heterocycles. The highest BCUT2D eigenvalue weighted by Gasteiger charge is 2.02. The Kier molecular flexibility index (Phi) is 2.35. The van der Waals surface area contributed by atoms with E-state index in [-0.39, 0.29) is 0 Å². The molecule has 0 radical (unpaired) electrons. The standard InChI is InChI=1S/C12H14N2/c1-10-4-3-5-11(7-6-10)12-8-9-14(2)13-12/h4-9H,3H2,1-2H3. The van der Waals surface area contributed by atoms with Crippen LogP contribution in [0.5, 0.6) is 0 Å². The van der Waals surface area contributed by atoms with Gasteiger partial charge in [0.05, 0.1) is 5.69 Å². The summed E-state index contributed by atoms with van der Waals surface area (Å²) in [6.45, 7) is 2.12. The van der Waals surface area contributed by atoms with Gasteiger partial charge in [0.25, 0.3) is 0 Å². The average Bonchev–Trinajstić information content (AvgIpc) is 2.46. The van der Waals surface area contributed by atoms with Gasteiger partial charge < -0.3 is 0 Å². The largest absolute Gasteiger partial charge is 0.275 e. The van der Waals surface area contributed by atoms with Crippen LogP contribution in [0.3, 0.4) is 0 Å². The first-order chi connectivity index (χ1) is 6.75. The molecule has 2 heteroatoms. The summed E-state index contributed by atoms with van der Waals surface area (Å²) in [6.07, 6.45) is 11.6. The number of aryl methyl sites for hydroxylation is 1. The molecule has 0 saturated carbocycles. The second-order valence-electron chi connectivity index (χ2n) is 3.55. The van der Waals surface area contributed by atoms with Gasteiger partial charge in [0.15, 0.2) is 0 Å². The molecule has 0 N–H and O–H groups in total. The Hall–Kier alpha value is -1.57. The first-order valence-corrected chi connectivity index (χ1v) is 4.81. The summed E-state index contributed by atoms with van der Waals surface area (Å²) >= 11 is 0. The lowest BCUT2D eigenvalue weighted by molar-refractivity contribution is 0.763. The Bertz CT molecular complexity index is 419. The number of nitrogens with zero attached hydrogens (tertiary/aromatic N) is 2. The van der Waals surface area contributed by atoms with E-state index < -0.39 is 0 Å². The van der Waals surface area contributed by atoms with Crippen molar-refractivity contribution >= 4 is 5.57 Å². The molecule has 2 rings (SSSR count). The van der Waals surface area contributed by atoms with Crippen molar-refractivity contribution in [3.05, 3.63) is 47.8 Å². The molecule has 0 bridgehead atoms. The Morgan fingerprint density at radius 3 is 2.86 bits per heavy atom. The SMILES string of the molecule is CC1=CCC=C(c2ccn(C)n2)C=C1. The van der Waals surface area contributed by atoms with Crippen molar-refractivity contribution in [2.45, 2.75) is 13.3 Å². The van der Waals surface area contributed by atoms with Crippen LogP contribution in [0.1, 0.15) is 19.0 Å². The maximum absolute atomic E-state index is 4.38. The zero-order chi connectivity index (χ0) is 9.97. The normalized spacial score (nSPS) is 16.1. The van der Waals surface area contributed by atoms with Gasteiger partial charge >= 0.3 is 0 Å². The van der Waals surface area contributed by atoms with Gasteiger partial charge in [-0.05, 0) is 25.0 Å². The molecule has 0 unspecified atom stereocenters. The lowest BCUT2D eigenvalue weighted by Crippen LogP contribution is -1.89. The van der Waals surface area contributed by atoms with Gasteiger partial charge in [0.1, 0.15) is 0 Å². The van der Waals surface area contributed by atoms with Crippen LogP contribution >= 0.6 is 0 Å². The zero-order valence-corrected chi connectivity index (χ0v) is 8.57. The predicted molar refractivity (Wildman–Crippen MR) is 58.7 cm³/mol. The Morgan fingerprint density at radius 2 is 2.14 bits per heavy atom. The first-order valence-electron chi connectivity index (χ1n) is 4.81. The molecule has 14 heavy (non-hydrogen) atoms. The molecule has 1 aliphatic carbocycles. The van der Waals surface area contributed by atoms with E-state index >= 15 is 0 Å². The van der Waals surface area contributed by atoms with Gasteiger partial charge in [-0.15, -0.1) is 0 Å². The summed E-state index contributed by atoms with van der Waals surface area (Å²) in [5.74, 6) is 0. The Morgan fingerprint density at radius 1 is 1.29 bits per heavy atom. The average molecular weight is 186 g/mol. The maximum Gasteiger partial charge on any atom is 0.0919 e. The van der Waals surface area contributed by atoms with Gasteiger partial charge in [-0.25, -0.2) is 0 Å². The highest BCUT2D eigenvalue weighted by atomic mass is 15.2. The molecule has 0 atom stereocenters. The fraction of sp³-hybridized carbons (Fsp3) is 0.250. The van der Waals surface area contributed by atoms with Gasteiger partial charge in [-0.1, -0.05) is 29.9 Å². The molecule has 1 aliphatic rings. The molecule has 72 valence electrons. The molecule has 0 saturated heterocycles. The number of hydrogen-bond donors (Lipinski definition) is 0. The molecule has 1 aromatic rings. The third-order valence-electron chi connectivity index (χ3n) is 2.31. The molecule has 0 aromatic carbocycles. The van der Waals surface area contributed by atoms with Crippen molar-refractivity contribution in [1.29, 1.82) is 0 Å². The highest BCUT2D eigenvalue weighted by Crippen LogP contribution is 2.18. The molecule has 0 amide bonds. The quantitative estimate of drug-likeness (QED) is 0.659. The number of allylic oxidation sites excluding steroid dienone is 6. The zero-order valence-electron chi connectivity index (χ0n) is 8.57. The van der Waals surface area contributed by atoms with E-state index in [4.69, 9.17) is 0 Å². The highest BCUT2D eigenvalue weighted by molar-refractivity contribution is 5.72. The van der Waals surface area contributed by atoms with Crippen LogP contribution in [0.4, 0.5) is 0 Å². The topological polar surface area (TPSA) is 17.8 Å². The van der Waals surface area contributed by atoms with Crippen LogP contribution in [-0.2, 0) is 7.05 Å². The number of rotatable bonds is 1. The third-order valence-corrected chi connectivity index (χ3v) is 2.31. The monoisotopic (exact) mass is 186 g/mol. The van der Waals surface area contributed by atoms with Crippen molar-refractivity contribution < 1.29 is 0 Å². The lowest BCUT2D eigenvalue weighted by Gasteiger charge is -1.94. The van der Waals surface area contributed by atoms with Gasteiger partial charge in [0, 0.05) is 13.2 Å². The summed E-state index contributed by atoms with van der Waals surface area (Å²) in [6, 6.07) is 2.04. The van der Waals surface area contributed by atoms with Crippen LogP contribution in [0.15, 0.2) is 42.1 Å². The molecule has 0 aliphatic heterocycles. The molecular formula is C12H14N2. The fourth-order valence-electron chi connectivity index (χ4n) is 1.49. The maximum atomic E-state index is 4.38. The third kappa shape index (κ3) is 1.84. The van der Waals surface area contributed by atoms with Crippen molar-refractivity contribution in [3.8, 4) is 0 Å². The van der Waals surface area contributed by atoms with E-state index in [1.54, 1.807) is 0 Å². The molecular weight excluding hydrogens is 172 g/mol. The van der Waals surface area contributed by atoms with Gasteiger partial charge in [-0.3, -0.25) is 4.68 Å². The minimum atomic E-state index is 0.991. The van der Waals surface area contributed by atoms with E-state index in [9.17, 15) is 0 Å². The van der Waals surface area contributed by atoms with E-state index in [0.717, 1.165) is 12.1 Å². The van der Waals surface area contributed by atoms with E-state index in [2.05, 4.69) is 36.3 Å². The minimum absolute atomic E-state index is 0.991. The molecule has 2 nitrogen and oxygen atoms in total. The fourth-order valence-corrected chi connectivity index (χ4v) is 1.49. The minimum Gasteiger partial charge on any atom is -0.275 e. The van der Waals surface area contributed by atoms with Crippen molar-refractivity contribution in [2.75, 3.05) is 0 Å². The molecule has 0 spiro atoms. The number of aromatic nitrogens is 2.